The number of amides is 3. The molecule has 0 aromatic heterocycles. The number of methoxy groups -OCH3 is 1. The fourth-order valence-electron chi connectivity index (χ4n) is 5.08. The van der Waals surface area contributed by atoms with E-state index in [1.54, 1.807) is 36.4 Å². The minimum absolute atomic E-state index is 0.108. The molecule has 2 aliphatic carbocycles. The van der Waals surface area contributed by atoms with Gasteiger partial charge in [-0.3, -0.25) is 14.4 Å². The highest BCUT2D eigenvalue weighted by molar-refractivity contribution is 6.23. The molecular weight excluding hydrogens is 424 g/mol. The van der Waals surface area contributed by atoms with Crippen LogP contribution in [0, 0.1) is 23.7 Å². The van der Waals surface area contributed by atoms with Gasteiger partial charge in [0.1, 0.15) is 5.75 Å². The van der Waals surface area contributed by atoms with Crippen molar-refractivity contribution >= 4 is 35.1 Å². The lowest BCUT2D eigenvalue weighted by Crippen LogP contribution is -2.33. The summed E-state index contributed by atoms with van der Waals surface area (Å²) >= 11 is 0. The molecule has 1 N–H and O–H groups in total. The Kier molecular flexibility index (Phi) is 5.20. The van der Waals surface area contributed by atoms with E-state index in [1.165, 1.54) is 24.1 Å². The highest BCUT2D eigenvalue weighted by Crippen LogP contribution is 2.53. The first-order chi connectivity index (χ1) is 16.0. The second-order valence-electron chi connectivity index (χ2n) is 8.39. The van der Waals surface area contributed by atoms with Crippen LogP contribution < -0.4 is 15.0 Å². The number of nitrogens with zero attached hydrogens (tertiary/aromatic N) is 1. The molecule has 0 unspecified atom stereocenters. The molecule has 3 amide bonds. The summed E-state index contributed by atoms with van der Waals surface area (Å²) in [6.07, 6.45) is 4.92. The highest BCUT2D eigenvalue weighted by Gasteiger charge is 2.59. The summed E-state index contributed by atoms with van der Waals surface area (Å²) in [6, 6.07) is 13.1. The number of hydrogen-bond acceptors (Lipinski definition) is 6. The maximum absolute atomic E-state index is 13.0. The lowest BCUT2D eigenvalue weighted by molar-refractivity contribution is -0.123. The number of esters is 1. The number of hydrogen-bond donors (Lipinski definition) is 1. The van der Waals surface area contributed by atoms with Gasteiger partial charge in [0.05, 0.1) is 35.9 Å². The molecule has 8 nitrogen and oxygen atoms in total. The van der Waals surface area contributed by atoms with Gasteiger partial charge in [-0.2, -0.15) is 0 Å². The van der Waals surface area contributed by atoms with Gasteiger partial charge in [0.15, 0.2) is 6.61 Å². The van der Waals surface area contributed by atoms with Crippen molar-refractivity contribution in [3.05, 3.63) is 66.2 Å². The number of fused-ring (bicyclic) bond motifs is 5. The highest BCUT2D eigenvalue weighted by atomic mass is 16.5. The maximum Gasteiger partial charge on any atom is 0.338 e. The molecule has 0 spiro atoms. The van der Waals surface area contributed by atoms with Crippen LogP contribution in [0.4, 0.5) is 11.4 Å². The number of carbonyl (C=O) groups is 4. The summed E-state index contributed by atoms with van der Waals surface area (Å²) in [7, 11) is 1.49. The summed E-state index contributed by atoms with van der Waals surface area (Å²) < 4.78 is 10.3. The zero-order valence-corrected chi connectivity index (χ0v) is 17.9. The van der Waals surface area contributed by atoms with Gasteiger partial charge in [0.25, 0.3) is 5.91 Å². The van der Waals surface area contributed by atoms with Crippen molar-refractivity contribution < 1.29 is 28.7 Å². The van der Waals surface area contributed by atoms with E-state index in [0.717, 1.165) is 6.42 Å². The van der Waals surface area contributed by atoms with Crippen molar-refractivity contribution in [3.8, 4) is 5.75 Å². The number of allylic oxidation sites excluding steroid dienone is 2. The largest absolute Gasteiger partial charge is 0.495 e. The normalized spacial score (nSPS) is 24.7. The number of benzene rings is 2. The Balaban J connectivity index is 1.25. The molecule has 1 saturated carbocycles. The van der Waals surface area contributed by atoms with Gasteiger partial charge in [-0.05, 0) is 48.6 Å². The smallest absolute Gasteiger partial charge is 0.338 e. The van der Waals surface area contributed by atoms with Crippen LogP contribution in [0.25, 0.3) is 0 Å². The third-order valence-corrected chi connectivity index (χ3v) is 6.53. The predicted molar refractivity (Wildman–Crippen MR) is 119 cm³/mol. The monoisotopic (exact) mass is 446 g/mol. The molecule has 0 radical (unpaired) electrons. The number of para-hydroxylation sites is 2. The number of carbonyl (C=O) groups excluding carboxylic acids is 4. The average Bonchev–Trinajstić information content (AvgIpc) is 3.51. The molecule has 1 aliphatic heterocycles. The SMILES string of the molecule is COc1ccccc1NC(=O)COC(=O)c1cccc(N2C(=O)[C@@H]3[C@H](C2=O)[C@H]2C=C[C@H]3C2)c1. The summed E-state index contributed by atoms with van der Waals surface area (Å²) in [5.41, 5.74) is 0.950. The molecule has 168 valence electrons. The van der Waals surface area contributed by atoms with Gasteiger partial charge in [-0.1, -0.05) is 30.4 Å². The summed E-state index contributed by atoms with van der Waals surface area (Å²) in [5, 5.41) is 2.63. The standard InChI is InChI=1S/C25H22N2O6/c1-32-19-8-3-2-7-18(19)26-20(28)13-33-25(31)16-5-4-6-17(12-16)27-23(29)21-14-9-10-15(11-14)22(21)24(27)30/h2-10,12,14-15,21-22H,11,13H2,1H3,(H,26,28)/t14-,15-,21-,22+/m0/s1. The lowest BCUT2D eigenvalue weighted by Gasteiger charge is -2.18. The molecule has 8 heteroatoms. The van der Waals surface area contributed by atoms with Crippen molar-refractivity contribution in [2.75, 3.05) is 23.9 Å². The van der Waals surface area contributed by atoms with E-state index in [2.05, 4.69) is 5.32 Å². The quantitative estimate of drug-likeness (QED) is 0.416. The second-order valence-corrected chi connectivity index (χ2v) is 8.39. The van der Waals surface area contributed by atoms with Crippen molar-refractivity contribution in [2.24, 2.45) is 23.7 Å². The third-order valence-electron chi connectivity index (χ3n) is 6.53. The molecule has 5 rings (SSSR count). The number of nitrogens with one attached hydrogen (secondary N) is 1. The minimum Gasteiger partial charge on any atom is -0.495 e. The van der Waals surface area contributed by atoms with Crippen molar-refractivity contribution in [1.29, 1.82) is 0 Å². The molecule has 2 aromatic carbocycles. The van der Waals surface area contributed by atoms with E-state index in [-0.39, 0.29) is 41.0 Å². The van der Waals surface area contributed by atoms with Crippen LogP contribution in [0.1, 0.15) is 16.8 Å². The van der Waals surface area contributed by atoms with E-state index in [9.17, 15) is 19.2 Å². The molecule has 3 aliphatic rings. The maximum atomic E-state index is 13.0. The molecule has 2 aromatic rings. The number of ether oxygens (including phenoxy) is 2. The topological polar surface area (TPSA) is 102 Å². The predicted octanol–water partition coefficient (Wildman–Crippen LogP) is 2.80. The Hall–Kier alpha value is -3.94. The lowest BCUT2D eigenvalue weighted by atomic mass is 9.85. The van der Waals surface area contributed by atoms with Crippen LogP contribution >= 0.6 is 0 Å². The molecule has 33 heavy (non-hydrogen) atoms. The molecular formula is C25H22N2O6. The first-order valence-electron chi connectivity index (χ1n) is 10.7. The summed E-state index contributed by atoms with van der Waals surface area (Å²) in [6.45, 7) is -0.498. The van der Waals surface area contributed by atoms with Gasteiger partial charge in [0.2, 0.25) is 11.8 Å². The van der Waals surface area contributed by atoms with Crippen LogP contribution in [0.5, 0.6) is 5.75 Å². The molecule has 1 heterocycles. The van der Waals surface area contributed by atoms with Crippen LogP contribution in [0.2, 0.25) is 0 Å². The number of rotatable bonds is 6. The van der Waals surface area contributed by atoms with Crippen LogP contribution in [-0.2, 0) is 19.1 Å². The van der Waals surface area contributed by atoms with E-state index in [0.29, 0.717) is 17.1 Å². The van der Waals surface area contributed by atoms with E-state index in [4.69, 9.17) is 9.47 Å². The van der Waals surface area contributed by atoms with Gasteiger partial charge in [-0.15, -0.1) is 0 Å². The van der Waals surface area contributed by atoms with Crippen molar-refractivity contribution in [2.45, 2.75) is 6.42 Å². The Morgan fingerprint density at radius 2 is 1.70 bits per heavy atom. The zero-order valence-electron chi connectivity index (χ0n) is 17.9. The number of anilines is 2. The van der Waals surface area contributed by atoms with Gasteiger partial charge in [0, 0.05) is 0 Å². The molecule has 2 fully saturated rings. The fraction of sp³-hybridized carbons (Fsp3) is 0.280. The van der Waals surface area contributed by atoms with E-state index >= 15 is 0 Å². The minimum atomic E-state index is -0.729. The first kappa shape index (κ1) is 20.9. The average molecular weight is 446 g/mol. The van der Waals surface area contributed by atoms with Gasteiger partial charge < -0.3 is 14.8 Å². The van der Waals surface area contributed by atoms with Crippen LogP contribution in [-0.4, -0.2) is 37.4 Å². The fourth-order valence-corrected chi connectivity index (χ4v) is 5.08. The van der Waals surface area contributed by atoms with Crippen molar-refractivity contribution in [3.63, 3.8) is 0 Å². The zero-order chi connectivity index (χ0) is 23.1. The molecule has 2 bridgehead atoms. The molecule has 1 saturated heterocycles. The van der Waals surface area contributed by atoms with Gasteiger partial charge in [-0.25, -0.2) is 9.69 Å². The number of imide groups is 1. The third kappa shape index (κ3) is 3.57. The first-order valence-corrected chi connectivity index (χ1v) is 10.7. The van der Waals surface area contributed by atoms with E-state index in [1.807, 2.05) is 12.2 Å². The summed E-state index contributed by atoms with van der Waals surface area (Å²) in [5.74, 6) is -1.63. The Labute approximate surface area is 190 Å². The Morgan fingerprint density at radius 3 is 2.39 bits per heavy atom. The summed E-state index contributed by atoms with van der Waals surface area (Å²) in [4.78, 5) is 51.9. The Morgan fingerprint density at radius 1 is 1.00 bits per heavy atom. The van der Waals surface area contributed by atoms with Crippen LogP contribution in [0.15, 0.2) is 60.7 Å². The Bertz CT molecular complexity index is 1160. The second kappa shape index (κ2) is 8.20. The van der Waals surface area contributed by atoms with E-state index < -0.39 is 18.5 Å². The van der Waals surface area contributed by atoms with Crippen LogP contribution in [0.3, 0.4) is 0 Å². The molecule has 4 atom stereocenters. The van der Waals surface area contributed by atoms with Crippen molar-refractivity contribution in [1.82, 2.24) is 0 Å². The van der Waals surface area contributed by atoms with Gasteiger partial charge >= 0.3 is 5.97 Å².